The summed E-state index contributed by atoms with van der Waals surface area (Å²) in [6.45, 7) is 1.57. The van der Waals surface area contributed by atoms with E-state index in [0.29, 0.717) is 11.3 Å². The molecular weight excluding hydrogens is 340 g/mol. The van der Waals surface area contributed by atoms with Crippen LogP contribution in [0.15, 0.2) is 42.0 Å². The van der Waals surface area contributed by atoms with Crippen molar-refractivity contribution in [1.82, 2.24) is 14.8 Å². The minimum absolute atomic E-state index is 0.302. The van der Waals surface area contributed by atoms with Gasteiger partial charge in [-0.15, -0.1) is 11.3 Å². The molecule has 0 saturated heterocycles. The third kappa shape index (κ3) is 4.30. The SMILES string of the molecule is Cc1nc(-c2cccc(NC(=O)COC(=O)c3cnn(C)c3)c2)cs1. The minimum Gasteiger partial charge on any atom is -0.452 e. The lowest BCUT2D eigenvalue weighted by Gasteiger charge is -2.07. The fourth-order valence-electron chi connectivity index (χ4n) is 2.19. The van der Waals surface area contributed by atoms with Gasteiger partial charge in [-0.1, -0.05) is 12.1 Å². The minimum atomic E-state index is -0.588. The van der Waals surface area contributed by atoms with E-state index in [1.165, 1.54) is 17.1 Å². The highest BCUT2D eigenvalue weighted by molar-refractivity contribution is 7.09. The molecule has 1 amide bonds. The summed E-state index contributed by atoms with van der Waals surface area (Å²) in [5.41, 5.74) is 2.69. The third-order valence-electron chi connectivity index (χ3n) is 3.34. The number of anilines is 1. The summed E-state index contributed by atoms with van der Waals surface area (Å²) >= 11 is 1.57. The van der Waals surface area contributed by atoms with Crippen LogP contribution < -0.4 is 5.32 Å². The number of ether oxygens (including phenoxy) is 1. The van der Waals surface area contributed by atoms with E-state index in [2.05, 4.69) is 15.4 Å². The molecule has 8 heteroatoms. The molecule has 2 heterocycles. The summed E-state index contributed by atoms with van der Waals surface area (Å²) in [5, 5.41) is 9.54. The maximum absolute atomic E-state index is 12.0. The maximum atomic E-state index is 12.0. The van der Waals surface area contributed by atoms with Crippen LogP contribution in [0.25, 0.3) is 11.3 Å². The first-order valence-corrected chi connectivity index (χ1v) is 8.37. The lowest BCUT2D eigenvalue weighted by Crippen LogP contribution is -2.20. The Balaban J connectivity index is 1.58. The molecule has 0 aliphatic carbocycles. The molecule has 3 aromatic rings. The molecule has 1 aromatic carbocycles. The maximum Gasteiger partial charge on any atom is 0.341 e. The second kappa shape index (κ2) is 7.27. The number of carbonyl (C=O) groups excluding carboxylic acids is 2. The van der Waals surface area contributed by atoms with Gasteiger partial charge in [0.25, 0.3) is 5.91 Å². The standard InChI is InChI=1S/C17H16N4O3S/c1-11-19-15(10-25-11)12-4-3-5-14(6-12)20-16(22)9-24-17(23)13-7-18-21(2)8-13/h3-8,10H,9H2,1-2H3,(H,20,22). The van der Waals surface area contributed by atoms with Crippen LogP contribution in [0.4, 0.5) is 5.69 Å². The Morgan fingerprint density at radius 3 is 2.88 bits per heavy atom. The molecule has 0 bridgehead atoms. The van der Waals surface area contributed by atoms with Gasteiger partial charge in [0.05, 0.1) is 22.5 Å². The molecule has 7 nitrogen and oxygen atoms in total. The predicted octanol–water partition coefficient (Wildman–Crippen LogP) is 2.65. The highest BCUT2D eigenvalue weighted by Crippen LogP contribution is 2.24. The van der Waals surface area contributed by atoms with Crippen molar-refractivity contribution in [3.63, 3.8) is 0 Å². The van der Waals surface area contributed by atoms with Crippen molar-refractivity contribution in [3.05, 3.63) is 52.6 Å². The normalized spacial score (nSPS) is 10.5. The number of carbonyl (C=O) groups is 2. The number of esters is 1. The Kier molecular flexibility index (Phi) is 4.90. The highest BCUT2D eigenvalue weighted by atomic mass is 32.1. The molecule has 0 atom stereocenters. The van der Waals surface area contributed by atoms with Crippen LogP contribution in [-0.4, -0.2) is 33.2 Å². The zero-order chi connectivity index (χ0) is 17.8. The van der Waals surface area contributed by atoms with E-state index in [1.54, 1.807) is 24.5 Å². The summed E-state index contributed by atoms with van der Waals surface area (Å²) in [6.07, 6.45) is 2.92. The number of hydrogen-bond donors (Lipinski definition) is 1. The molecule has 128 valence electrons. The smallest absolute Gasteiger partial charge is 0.341 e. The quantitative estimate of drug-likeness (QED) is 0.710. The van der Waals surface area contributed by atoms with Gasteiger partial charge in [0.15, 0.2) is 6.61 Å². The number of aryl methyl sites for hydroxylation is 2. The second-order valence-corrected chi connectivity index (χ2v) is 6.42. The van der Waals surface area contributed by atoms with Crippen molar-refractivity contribution in [3.8, 4) is 11.3 Å². The number of nitrogens with one attached hydrogen (secondary N) is 1. The van der Waals surface area contributed by atoms with E-state index in [4.69, 9.17) is 4.74 Å². The molecule has 25 heavy (non-hydrogen) atoms. The van der Waals surface area contributed by atoms with E-state index in [0.717, 1.165) is 16.3 Å². The average molecular weight is 356 g/mol. The van der Waals surface area contributed by atoms with Crippen molar-refractivity contribution in [2.24, 2.45) is 7.05 Å². The van der Waals surface area contributed by atoms with Crippen molar-refractivity contribution in [2.75, 3.05) is 11.9 Å². The third-order valence-corrected chi connectivity index (χ3v) is 4.11. The number of nitrogens with zero attached hydrogens (tertiary/aromatic N) is 3. The van der Waals surface area contributed by atoms with E-state index in [-0.39, 0.29) is 6.61 Å². The van der Waals surface area contributed by atoms with Crippen LogP contribution in [0.3, 0.4) is 0 Å². The Morgan fingerprint density at radius 1 is 1.36 bits per heavy atom. The molecule has 0 unspecified atom stereocenters. The van der Waals surface area contributed by atoms with E-state index < -0.39 is 11.9 Å². The van der Waals surface area contributed by atoms with Crippen molar-refractivity contribution in [1.29, 1.82) is 0 Å². The van der Waals surface area contributed by atoms with Crippen LogP contribution in [0, 0.1) is 6.92 Å². The molecule has 2 aromatic heterocycles. The lowest BCUT2D eigenvalue weighted by atomic mass is 10.1. The average Bonchev–Trinajstić information content (AvgIpc) is 3.21. The highest BCUT2D eigenvalue weighted by Gasteiger charge is 2.12. The number of aromatic nitrogens is 3. The van der Waals surface area contributed by atoms with Crippen LogP contribution in [0.2, 0.25) is 0 Å². The van der Waals surface area contributed by atoms with Crippen LogP contribution in [0.5, 0.6) is 0 Å². The van der Waals surface area contributed by atoms with E-state index in [9.17, 15) is 9.59 Å². The van der Waals surface area contributed by atoms with Gasteiger partial charge in [0, 0.05) is 29.9 Å². The fraction of sp³-hybridized carbons (Fsp3) is 0.176. The van der Waals surface area contributed by atoms with Gasteiger partial charge in [-0.05, 0) is 19.1 Å². The van der Waals surface area contributed by atoms with Gasteiger partial charge in [0.1, 0.15) is 0 Å². The summed E-state index contributed by atoms with van der Waals surface area (Å²) < 4.78 is 6.47. The molecule has 0 spiro atoms. The fourth-order valence-corrected chi connectivity index (χ4v) is 2.81. The van der Waals surface area contributed by atoms with Crippen molar-refractivity contribution < 1.29 is 14.3 Å². The predicted molar refractivity (Wildman–Crippen MR) is 94.4 cm³/mol. The van der Waals surface area contributed by atoms with Gasteiger partial charge in [-0.2, -0.15) is 5.10 Å². The van der Waals surface area contributed by atoms with Gasteiger partial charge < -0.3 is 10.1 Å². The second-order valence-electron chi connectivity index (χ2n) is 5.36. The Morgan fingerprint density at radius 2 is 2.20 bits per heavy atom. The molecule has 0 fully saturated rings. The lowest BCUT2D eigenvalue weighted by molar-refractivity contribution is -0.119. The summed E-state index contributed by atoms with van der Waals surface area (Å²) in [6, 6.07) is 7.35. The first-order valence-electron chi connectivity index (χ1n) is 7.49. The van der Waals surface area contributed by atoms with Crippen LogP contribution >= 0.6 is 11.3 Å². The Bertz CT molecular complexity index is 916. The molecular formula is C17H16N4O3S. The van der Waals surface area contributed by atoms with Crippen LogP contribution in [-0.2, 0) is 16.6 Å². The first kappa shape index (κ1) is 16.8. The van der Waals surface area contributed by atoms with Gasteiger partial charge in [-0.3, -0.25) is 9.48 Å². The molecule has 0 radical (unpaired) electrons. The van der Waals surface area contributed by atoms with Gasteiger partial charge in [-0.25, -0.2) is 9.78 Å². The Hall–Kier alpha value is -3.00. The van der Waals surface area contributed by atoms with Crippen molar-refractivity contribution in [2.45, 2.75) is 6.92 Å². The number of amides is 1. The monoisotopic (exact) mass is 356 g/mol. The van der Waals surface area contributed by atoms with Crippen LogP contribution in [0.1, 0.15) is 15.4 Å². The largest absolute Gasteiger partial charge is 0.452 e. The summed E-state index contributed by atoms with van der Waals surface area (Å²) in [7, 11) is 1.69. The van der Waals surface area contributed by atoms with E-state index >= 15 is 0 Å². The summed E-state index contributed by atoms with van der Waals surface area (Å²) in [4.78, 5) is 28.2. The first-order chi connectivity index (χ1) is 12.0. The van der Waals surface area contributed by atoms with Gasteiger partial charge >= 0.3 is 5.97 Å². The molecule has 1 N–H and O–H groups in total. The Labute approximate surface area is 148 Å². The topological polar surface area (TPSA) is 86.1 Å². The number of thiazole rings is 1. The zero-order valence-electron chi connectivity index (χ0n) is 13.7. The van der Waals surface area contributed by atoms with Crippen molar-refractivity contribution >= 4 is 28.9 Å². The number of benzene rings is 1. The molecule has 0 aliphatic heterocycles. The number of rotatable bonds is 5. The molecule has 0 aliphatic rings. The molecule has 3 rings (SSSR count). The molecule has 0 saturated carbocycles. The van der Waals surface area contributed by atoms with E-state index in [1.807, 2.05) is 30.5 Å². The zero-order valence-corrected chi connectivity index (χ0v) is 14.5. The summed E-state index contributed by atoms with van der Waals surface area (Å²) in [5.74, 6) is -1.00. The van der Waals surface area contributed by atoms with Gasteiger partial charge in [0.2, 0.25) is 0 Å². The number of hydrogen-bond acceptors (Lipinski definition) is 6.